The zero-order valence-electron chi connectivity index (χ0n) is 20.5. The van der Waals surface area contributed by atoms with Gasteiger partial charge in [-0.05, 0) is 69.2 Å². The summed E-state index contributed by atoms with van der Waals surface area (Å²) < 4.78 is 0. The molecule has 3 rings (SSSR count). The minimum absolute atomic E-state index is 0.157. The molecule has 2 atom stereocenters. The number of hydrogen-bond acceptors (Lipinski definition) is 3. The number of thiocarbonyl (C=S) groups is 1. The topological polar surface area (TPSA) is 47.3 Å². The maximum atomic E-state index is 10.2. The van der Waals surface area contributed by atoms with Gasteiger partial charge in [-0.15, -0.1) is 0 Å². The normalized spacial score (nSPS) is 21.5. The Morgan fingerprint density at radius 1 is 1.18 bits per heavy atom. The van der Waals surface area contributed by atoms with Gasteiger partial charge in [0.1, 0.15) is 5.75 Å². The quantitative estimate of drug-likeness (QED) is 0.227. The van der Waals surface area contributed by atoms with Crippen LogP contribution >= 0.6 is 12.2 Å². The molecule has 1 aromatic rings. The molecule has 2 aliphatic rings. The third-order valence-electron chi connectivity index (χ3n) is 6.60. The first-order valence-electron chi connectivity index (χ1n) is 12.0. The van der Waals surface area contributed by atoms with E-state index in [1.54, 1.807) is 11.6 Å². The standard InChI is InChI=1S/C30H36N2OS/c1-23-16-17-25(28(33)21-23)13-12-20-32(22-34)24(2)29(31)26-14-8-7-9-15-27(26)30(3)18-10-5-4-6-11-19-30/h4-5,7-8,10-11,14-19,21-22,24,31,33H,6,9,12-13,20H2,1-3H3/b5-4-,18-10?,19-11?,31-29?. The smallest absolute Gasteiger partial charge is 0.119 e. The monoisotopic (exact) mass is 472 g/mol. The minimum Gasteiger partial charge on any atom is -0.508 e. The molecule has 3 nitrogen and oxygen atoms in total. The maximum absolute atomic E-state index is 10.2. The van der Waals surface area contributed by atoms with Crippen molar-refractivity contribution in [2.45, 2.75) is 52.5 Å². The average Bonchev–Trinajstić information content (AvgIpc) is 3.06. The van der Waals surface area contributed by atoms with Gasteiger partial charge in [-0.1, -0.05) is 85.1 Å². The highest BCUT2D eigenvalue weighted by Crippen LogP contribution is 2.38. The van der Waals surface area contributed by atoms with Gasteiger partial charge in [0, 0.05) is 17.5 Å². The molecule has 0 radical (unpaired) electrons. The maximum Gasteiger partial charge on any atom is 0.119 e. The number of phenolic OH excluding ortho intramolecular Hbond substituents is 1. The number of aryl methyl sites for hydroxylation is 2. The molecule has 4 heteroatoms. The minimum atomic E-state index is -0.278. The summed E-state index contributed by atoms with van der Waals surface area (Å²) in [5, 5.41) is 19.4. The van der Waals surface area contributed by atoms with Gasteiger partial charge in [-0.2, -0.15) is 0 Å². The van der Waals surface area contributed by atoms with Crippen molar-refractivity contribution in [1.82, 2.24) is 4.90 Å². The third kappa shape index (κ3) is 6.32. The predicted octanol–water partition coefficient (Wildman–Crippen LogP) is 7.19. The van der Waals surface area contributed by atoms with Gasteiger partial charge in [0.05, 0.1) is 17.2 Å². The molecular formula is C30H36N2OS. The largest absolute Gasteiger partial charge is 0.508 e. The highest BCUT2D eigenvalue weighted by Gasteiger charge is 2.30. The third-order valence-corrected chi connectivity index (χ3v) is 6.87. The van der Waals surface area contributed by atoms with Crippen molar-refractivity contribution < 1.29 is 5.11 Å². The Labute approximate surface area is 210 Å². The number of phenols is 1. The molecule has 0 aromatic heterocycles. The number of aromatic hydroxyl groups is 1. The Morgan fingerprint density at radius 2 is 1.97 bits per heavy atom. The lowest BCUT2D eigenvalue weighted by Crippen LogP contribution is -2.39. The number of allylic oxidation sites excluding steroid dienone is 11. The van der Waals surface area contributed by atoms with E-state index in [4.69, 9.17) is 17.6 Å². The molecule has 2 aliphatic carbocycles. The van der Waals surface area contributed by atoms with Crippen LogP contribution in [0.4, 0.5) is 0 Å². The van der Waals surface area contributed by atoms with Gasteiger partial charge in [0.25, 0.3) is 0 Å². The van der Waals surface area contributed by atoms with Crippen molar-refractivity contribution in [2.24, 2.45) is 5.41 Å². The van der Waals surface area contributed by atoms with Crippen LogP contribution < -0.4 is 0 Å². The highest BCUT2D eigenvalue weighted by atomic mass is 32.1. The summed E-state index contributed by atoms with van der Waals surface area (Å²) in [6, 6.07) is 5.66. The molecule has 0 saturated heterocycles. The van der Waals surface area contributed by atoms with Gasteiger partial charge < -0.3 is 15.4 Å². The van der Waals surface area contributed by atoms with Crippen LogP contribution in [-0.4, -0.2) is 33.8 Å². The van der Waals surface area contributed by atoms with Crippen LogP contribution in [0.25, 0.3) is 0 Å². The van der Waals surface area contributed by atoms with Crippen LogP contribution in [0.15, 0.2) is 90.1 Å². The summed E-state index contributed by atoms with van der Waals surface area (Å²) in [4.78, 5) is 2.06. The highest BCUT2D eigenvalue weighted by molar-refractivity contribution is 7.78. The van der Waals surface area contributed by atoms with Crippen molar-refractivity contribution in [1.29, 1.82) is 5.41 Å². The lowest BCUT2D eigenvalue weighted by atomic mass is 9.74. The molecule has 0 spiro atoms. The summed E-state index contributed by atoms with van der Waals surface area (Å²) in [7, 11) is 0. The van der Waals surface area contributed by atoms with Crippen LogP contribution in [0.2, 0.25) is 0 Å². The fourth-order valence-corrected chi connectivity index (χ4v) is 4.77. The second-order valence-electron chi connectivity index (χ2n) is 9.24. The van der Waals surface area contributed by atoms with E-state index in [1.807, 2.05) is 19.1 Å². The average molecular weight is 473 g/mol. The van der Waals surface area contributed by atoms with Crippen molar-refractivity contribution in [2.75, 3.05) is 6.54 Å². The molecule has 0 aliphatic heterocycles. The molecule has 34 heavy (non-hydrogen) atoms. The van der Waals surface area contributed by atoms with Crippen molar-refractivity contribution in [3.05, 3.63) is 101 Å². The van der Waals surface area contributed by atoms with Crippen molar-refractivity contribution >= 4 is 23.4 Å². The SMILES string of the molecule is Cc1ccc(CCCN(C=S)C(C)C(=N)C2=CC=CCC=C2C2(C)C=C/C=C\CC=C2)c(O)c1. The Balaban J connectivity index is 1.76. The van der Waals surface area contributed by atoms with E-state index in [2.05, 4.69) is 79.5 Å². The number of rotatable bonds is 9. The van der Waals surface area contributed by atoms with Crippen LogP contribution in [-0.2, 0) is 6.42 Å². The van der Waals surface area contributed by atoms with Crippen molar-refractivity contribution in [3.8, 4) is 5.75 Å². The Kier molecular flexibility index (Phi) is 9.00. The number of nitrogens with one attached hydrogen (secondary N) is 1. The lowest BCUT2D eigenvalue weighted by molar-refractivity contribution is 0.399. The zero-order valence-corrected chi connectivity index (χ0v) is 21.3. The van der Waals surface area contributed by atoms with E-state index >= 15 is 0 Å². The fourth-order valence-electron chi connectivity index (χ4n) is 4.48. The number of nitrogens with zero attached hydrogens (tertiary/aromatic N) is 1. The first-order chi connectivity index (χ1) is 16.4. The van der Waals surface area contributed by atoms with E-state index in [-0.39, 0.29) is 11.5 Å². The molecule has 0 fully saturated rings. The van der Waals surface area contributed by atoms with Crippen LogP contribution in [0, 0.1) is 17.7 Å². The molecular weight excluding hydrogens is 436 g/mol. The summed E-state index contributed by atoms with van der Waals surface area (Å²) in [5.74, 6) is 0.350. The van der Waals surface area contributed by atoms with E-state index in [0.717, 1.165) is 54.5 Å². The first-order valence-corrected chi connectivity index (χ1v) is 12.5. The zero-order chi connectivity index (χ0) is 24.6. The summed E-state index contributed by atoms with van der Waals surface area (Å²) in [6.07, 6.45) is 24.9. The molecule has 0 heterocycles. The summed E-state index contributed by atoms with van der Waals surface area (Å²) in [6.45, 7) is 6.97. The molecule has 2 unspecified atom stereocenters. The van der Waals surface area contributed by atoms with Crippen molar-refractivity contribution in [3.63, 3.8) is 0 Å². The van der Waals surface area contributed by atoms with Gasteiger partial charge in [0.2, 0.25) is 0 Å². The number of hydrogen-bond donors (Lipinski definition) is 2. The Bertz CT molecular complexity index is 1090. The van der Waals surface area contributed by atoms with Gasteiger partial charge in [-0.3, -0.25) is 0 Å². The van der Waals surface area contributed by atoms with E-state index in [1.165, 1.54) is 0 Å². The van der Waals surface area contributed by atoms with Crippen LogP contribution in [0.1, 0.15) is 44.2 Å². The van der Waals surface area contributed by atoms with Crippen LogP contribution in [0.5, 0.6) is 5.75 Å². The van der Waals surface area contributed by atoms with E-state index in [0.29, 0.717) is 11.5 Å². The fraction of sp³-hybridized carbons (Fsp3) is 0.333. The lowest BCUT2D eigenvalue weighted by Gasteiger charge is -2.33. The molecule has 178 valence electrons. The summed E-state index contributed by atoms with van der Waals surface area (Å²) in [5.41, 5.74) is 6.08. The van der Waals surface area contributed by atoms with Gasteiger partial charge >= 0.3 is 0 Å². The van der Waals surface area contributed by atoms with E-state index in [9.17, 15) is 5.11 Å². The van der Waals surface area contributed by atoms with Crippen LogP contribution in [0.3, 0.4) is 0 Å². The van der Waals surface area contributed by atoms with Gasteiger partial charge in [-0.25, -0.2) is 0 Å². The summed E-state index contributed by atoms with van der Waals surface area (Å²) >= 11 is 5.36. The molecule has 0 saturated carbocycles. The van der Waals surface area contributed by atoms with Gasteiger partial charge in [0.15, 0.2) is 0 Å². The second-order valence-corrected chi connectivity index (χ2v) is 9.45. The second kappa shape index (κ2) is 11.9. The Morgan fingerprint density at radius 3 is 2.74 bits per heavy atom. The first kappa shape index (κ1) is 25.6. The molecule has 0 bridgehead atoms. The molecule has 0 amide bonds. The van der Waals surface area contributed by atoms with E-state index < -0.39 is 0 Å². The predicted molar refractivity (Wildman–Crippen MR) is 149 cm³/mol. The Hall–Kier alpha value is -2.98. The number of benzene rings is 1. The molecule has 1 aromatic carbocycles. The molecule has 2 N–H and O–H groups in total.